The SMILES string of the molecule is O=C1c2ccccc2C(=O)c2cc(S(=O)(=O)Oc3ccc(C4CCCCC4)cc3)ccc21. The molecular formula is C26H22O5S. The van der Waals surface area contributed by atoms with Gasteiger partial charge in [-0.15, -0.1) is 0 Å². The third kappa shape index (κ3) is 3.65. The lowest BCUT2D eigenvalue weighted by Gasteiger charge is -2.22. The lowest BCUT2D eigenvalue weighted by atomic mass is 9.84. The second kappa shape index (κ2) is 8.02. The van der Waals surface area contributed by atoms with E-state index in [1.807, 2.05) is 12.1 Å². The quantitative estimate of drug-likeness (QED) is 0.399. The molecule has 0 unspecified atom stereocenters. The topological polar surface area (TPSA) is 77.5 Å². The molecule has 3 aromatic rings. The van der Waals surface area contributed by atoms with E-state index in [9.17, 15) is 18.0 Å². The molecule has 0 N–H and O–H groups in total. The minimum absolute atomic E-state index is 0.0750. The molecule has 0 radical (unpaired) electrons. The van der Waals surface area contributed by atoms with E-state index in [2.05, 4.69) is 0 Å². The highest BCUT2D eigenvalue weighted by Gasteiger charge is 2.31. The first-order valence-electron chi connectivity index (χ1n) is 10.8. The number of carbonyl (C=O) groups is 2. The number of benzene rings is 3. The summed E-state index contributed by atoms with van der Waals surface area (Å²) in [4.78, 5) is 25.5. The number of ketones is 2. The van der Waals surface area contributed by atoms with Crippen molar-refractivity contribution in [1.29, 1.82) is 0 Å². The molecule has 5 rings (SSSR count). The Morgan fingerprint density at radius 3 is 1.94 bits per heavy atom. The third-order valence-corrected chi connectivity index (χ3v) is 7.59. The van der Waals surface area contributed by atoms with Crippen LogP contribution in [0.5, 0.6) is 5.75 Å². The van der Waals surface area contributed by atoms with Crippen molar-refractivity contribution in [3.05, 3.63) is 94.5 Å². The fourth-order valence-electron chi connectivity index (χ4n) is 4.64. The van der Waals surface area contributed by atoms with Crippen LogP contribution in [0.4, 0.5) is 0 Å². The Labute approximate surface area is 187 Å². The summed E-state index contributed by atoms with van der Waals surface area (Å²) in [5.74, 6) is 0.0685. The van der Waals surface area contributed by atoms with E-state index in [-0.39, 0.29) is 38.9 Å². The average molecular weight is 447 g/mol. The summed E-state index contributed by atoms with van der Waals surface area (Å²) in [5.41, 5.74) is 2.08. The largest absolute Gasteiger partial charge is 0.379 e. The number of hydrogen-bond acceptors (Lipinski definition) is 5. The fraction of sp³-hybridized carbons (Fsp3) is 0.231. The van der Waals surface area contributed by atoms with Gasteiger partial charge < -0.3 is 4.18 Å². The van der Waals surface area contributed by atoms with Crippen molar-refractivity contribution in [2.45, 2.75) is 42.9 Å². The number of fused-ring (bicyclic) bond motifs is 2. The predicted molar refractivity (Wildman–Crippen MR) is 120 cm³/mol. The van der Waals surface area contributed by atoms with Gasteiger partial charge >= 0.3 is 10.1 Å². The van der Waals surface area contributed by atoms with Gasteiger partial charge in [0.1, 0.15) is 10.6 Å². The molecule has 0 spiro atoms. The standard InChI is InChI=1S/C26H22O5S/c27-25-21-8-4-5-9-22(21)26(28)24-16-20(14-15-23(24)25)32(29,30)31-19-12-10-18(11-13-19)17-6-2-1-3-7-17/h4-5,8-17H,1-3,6-7H2. The summed E-state index contributed by atoms with van der Waals surface area (Å²) in [6, 6.07) is 17.7. The maximum atomic E-state index is 12.9. The van der Waals surface area contributed by atoms with Crippen LogP contribution >= 0.6 is 0 Å². The minimum Gasteiger partial charge on any atom is -0.379 e. The van der Waals surface area contributed by atoms with Gasteiger partial charge in [-0.1, -0.05) is 55.7 Å². The number of rotatable bonds is 4. The molecule has 1 saturated carbocycles. The summed E-state index contributed by atoms with van der Waals surface area (Å²) < 4.78 is 31.1. The molecule has 2 aliphatic carbocycles. The van der Waals surface area contributed by atoms with E-state index in [1.54, 1.807) is 36.4 Å². The van der Waals surface area contributed by atoms with Crippen molar-refractivity contribution in [3.63, 3.8) is 0 Å². The lowest BCUT2D eigenvalue weighted by molar-refractivity contribution is 0.0979. The summed E-state index contributed by atoms with van der Waals surface area (Å²) in [6.45, 7) is 0. The summed E-state index contributed by atoms with van der Waals surface area (Å²) >= 11 is 0. The van der Waals surface area contributed by atoms with Gasteiger partial charge in [-0.2, -0.15) is 8.42 Å². The molecule has 3 aromatic carbocycles. The van der Waals surface area contributed by atoms with E-state index in [1.165, 1.54) is 43.0 Å². The predicted octanol–water partition coefficient (Wildman–Crippen LogP) is 5.28. The van der Waals surface area contributed by atoms with Crippen molar-refractivity contribution in [1.82, 2.24) is 0 Å². The van der Waals surface area contributed by atoms with Crippen LogP contribution in [0, 0.1) is 0 Å². The van der Waals surface area contributed by atoms with Crippen molar-refractivity contribution in [2.24, 2.45) is 0 Å². The van der Waals surface area contributed by atoms with Crippen LogP contribution in [-0.4, -0.2) is 20.0 Å². The van der Waals surface area contributed by atoms with Crippen LogP contribution in [0.2, 0.25) is 0 Å². The highest BCUT2D eigenvalue weighted by Crippen LogP contribution is 2.34. The number of hydrogen-bond donors (Lipinski definition) is 0. The monoisotopic (exact) mass is 446 g/mol. The Morgan fingerprint density at radius 1 is 0.688 bits per heavy atom. The normalized spacial score (nSPS) is 16.4. The van der Waals surface area contributed by atoms with Gasteiger partial charge in [-0.25, -0.2) is 0 Å². The maximum Gasteiger partial charge on any atom is 0.339 e. The first-order valence-corrected chi connectivity index (χ1v) is 12.2. The second-order valence-electron chi connectivity index (χ2n) is 8.35. The zero-order valence-corrected chi connectivity index (χ0v) is 18.2. The van der Waals surface area contributed by atoms with Crippen LogP contribution in [-0.2, 0) is 10.1 Å². The average Bonchev–Trinajstić information content (AvgIpc) is 2.83. The summed E-state index contributed by atoms with van der Waals surface area (Å²) in [5, 5.41) is 0. The summed E-state index contributed by atoms with van der Waals surface area (Å²) in [6.07, 6.45) is 6.03. The molecule has 162 valence electrons. The van der Waals surface area contributed by atoms with E-state index < -0.39 is 10.1 Å². The Morgan fingerprint density at radius 2 is 1.28 bits per heavy atom. The van der Waals surface area contributed by atoms with Gasteiger partial charge in [-0.3, -0.25) is 9.59 Å². The van der Waals surface area contributed by atoms with E-state index in [0.29, 0.717) is 11.5 Å². The van der Waals surface area contributed by atoms with Crippen molar-refractivity contribution >= 4 is 21.7 Å². The van der Waals surface area contributed by atoms with Gasteiger partial charge in [0.2, 0.25) is 0 Å². The molecule has 1 fully saturated rings. The molecule has 32 heavy (non-hydrogen) atoms. The minimum atomic E-state index is -4.17. The molecule has 5 nitrogen and oxygen atoms in total. The molecule has 6 heteroatoms. The van der Waals surface area contributed by atoms with E-state index in [4.69, 9.17) is 4.18 Å². The van der Waals surface area contributed by atoms with Gasteiger partial charge in [0.15, 0.2) is 11.6 Å². The molecule has 0 aromatic heterocycles. The van der Waals surface area contributed by atoms with Crippen molar-refractivity contribution in [3.8, 4) is 5.75 Å². The van der Waals surface area contributed by atoms with Gasteiger partial charge in [-0.05, 0) is 54.7 Å². The molecule has 0 saturated heterocycles. The summed E-state index contributed by atoms with van der Waals surface area (Å²) in [7, 11) is -4.17. The Bertz CT molecular complexity index is 1320. The Hall–Kier alpha value is -3.25. The molecule has 0 heterocycles. The van der Waals surface area contributed by atoms with Crippen LogP contribution in [0.1, 0.15) is 75.4 Å². The van der Waals surface area contributed by atoms with Gasteiger partial charge in [0.05, 0.1) is 0 Å². The van der Waals surface area contributed by atoms with Crippen LogP contribution in [0.25, 0.3) is 0 Å². The zero-order valence-electron chi connectivity index (χ0n) is 17.4. The number of carbonyl (C=O) groups excluding carboxylic acids is 2. The van der Waals surface area contributed by atoms with Crippen LogP contribution in [0.3, 0.4) is 0 Å². The third-order valence-electron chi connectivity index (χ3n) is 6.35. The fourth-order valence-corrected chi connectivity index (χ4v) is 5.60. The zero-order chi connectivity index (χ0) is 22.3. The molecule has 0 bridgehead atoms. The van der Waals surface area contributed by atoms with Crippen molar-refractivity contribution < 1.29 is 22.2 Å². The smallest absolute Gasteiger partial charge is 0.339 e. The van der Waals surface area contributed by atoms with Crippen LogP contribution < -0.4 is 4.18 Å². The molecular weight excluding hydrogens is 424 g/mol. The first kappa shape index (κ1) is 20.6. The van der Waals surface area contributed by atoms with Gasteiger partial charge in [0.25, 0.3) is 0 Å². The van der Waals surface area contributed by atoms with Crippen molar-refractivity contribution in [2.75, 3.05) is 0 Å². The molecule has 0 aliphatic heterocycles. The second-order valence-corrected chi connectivity index (χ2v) is 9.90. The first-order chi connectivity index (χ1) is 15.4. The molecule has 0 atom stereocenters. The van der Waals surface area contributed by atoms with E-state index in [0.717, 1.165) is 12.8 Å². The van der Waals surface area contributed by atoms with Gasteiger partial charge in [0, 0.05) is 22.3 Å². The highest BCUT2D eigenvalue weighted by molar-refractivity contribution is 7.87. The lowest BCUT2D eigenvalue weighted by Crippen LogP contribution is -2.21. The maximum absolute atomic E-state index is 12.9. The Kier molecular flexibility index (Phi) is 5.18. The van der Waals surface area contributed by atoms with E-state index >= 15 is 0 Å². The highest BCUT2D eigenvalue weighted by atomic mass is 32.2. The Balaban J connectivity index is 1.41. The molecule has 2 aliphatic rings. The van der Waals surface area contributed by atoms with Crippen LogP contribution in [0.15, 0.2) is 71.6 Å². The molecule has 0 amide bonds.